The monoisotopic (exact) mass is 384 g/mol. The Hall–Kier alpha value is -3.88. The molecule has 0 radical (unpaired) electrons. The lowest BCUT2D eigenvalue weighted by Gasteiger charge is -2.11. The van der Waals surface area contributed by atoms with Gasteiger partial charge in [0.25, 0.3) is 11.6 Å². The van der Waals surface area contributed by atoms with Gasteiger partial charge in [-0.2, -0.15) is 0 Å². The van der Waals surface area contributed by atoms with Crippen molar-refractivity contribution in [2.45, 2.75) is 13.0 Å². The highest BCUT2D eigenvalue weighted by Gasteiger charge is 2.17. The van der Waals surface area contributed by atoms with E-state index >= 15 is 0 Å². The third kappa shape index (κ3) is 4.44. The van der Waals surface area contributed by atoms with Crippen molar-refractivity contribution in [3.63, 3.8) is 0 Å². The van der Waals surface area contributed by atoms with Crippen LogP contribution < -0.4 is 5.32 Å². The Morgan fingerprint density at radius 3 is 2.57 bits per heavy atom. The van der Waals surface area contributed by atoms with Gasteiger partial charge in [-0.15, -0.1) is 0 Å². The third-order valence-corrected chi connectivity index (χ3v) is 3.85. The van der Waals surface area contributed by atoms with Crippen LogP contribution in [0.5, 0.6) is 0 Å². The summed E-state index contributed by atoms with van der Waals surface area (Å²) in [6, 6.07) is 11.7. The molecule has 28 heavy (non-hydrogen) atoms. The van der Waals surface area contributed by atoms with E-state index in [1.807, 2.05) is 0 Å². The quantitative estimate of drug-likeness (QED) is 0.375. The Morgan fingerprint density at radius 1 is 1.18 bits per heavy atom. The average Bonchev–Trinajstić information content (AvgIpc) is 3.38. The minimum atomic E-state index is -0.797. The van der Waals surface area contributed by atoms with Crippen molar-refractivity contribution in [2.75, 3.05) is 6.61 Å². The predicted octanol–water partition coefficient (Wildman–Crippen LogP) is 3.48. The molecule has 0 bridgehead atoms. The van der Waals surface area contributed by atoms with Gasteiger partial charge in [0, 0.05) is 17.7 Å². The second-order valence-electron chi connectivity index (χ2n) is 5.85. The van der Waals surface area contributed by atoms with Crippen LogP contribution >= 0.6 is 0 Å². The van der Waals surface area contributed by atoms with E-state index in [1.165, 1.54) is 42.7 Å². The molecule has 0 aliphatic carbocycles. The summed E-state index contributed by atoms with van der Waals surface area (Å²) in [4.78, 5) is 34.1. The van der Waals surface area contributed by atoms with Gasteiger partial charge in [-0.25, -0.2) is 4.79 Å². The van der Waals surface area contributed by atoms with Crippen molar-refractivity contribution in [1.82, 2.24) is 5.32 Å². The van der Waals surface area contributed by atoms with E-state index < -0.39 is 23.4 Å². The van der Waals surface area contributed by atoms with Crippen LogP contribution in [0, 0.1) is 10.1 Å². The van der Waals surface area contributed by atoms with E-state index in [0.29, 0.717) is 17.1 Å². The first kappa shape index (κ1) is 18.9. The summed E-state index contributed by atoms with van der Waals surface area (Å²) >= 11 is 0. The molecule has 0 aliphatic rings. The van der Waals surface area contributed by atoms with Crippen LogP contribution in [0.25, 0.3) is 11.3 Å². The van der Waals surface area contributed by atoms with E-state index in [-0.39, 0.29) is 17.5 Å². The zero-order chi connectivity index (χ0) is 20.1. The van der Waals surface area contributed by atoms with Gasteiger partial charge in [0.05, 0.1) is 17.2 Å². The second kappa shape index (κ2) is 8.21. The first-order valence-corrected chi connectivity index (χ1v) is 8.28. The maximum Gasteiger partial charge on any atom is 0.374 e. The number of nitro groups is 1. The number of benzene rings is 1. The van der Waals surface area contributed by atoms with E-state index in [2.05, 4.69) is 5.32 Å². The number of carbonyl (C=O) groups excluding carboxylic acids is 2. The molecule has 1 N–H and O–H groups in total. The van der Waals surface area contributed by atoms with Crippen molar-refractivity contribution in [3.05, 3.63) is 76.4 Å². The topological polar surface area (TPSA) is 125 Å². The lowest BCUT2D eigenvalue weighted by molar-refractivity contribution is -0.384. The zero-order valence-corrected chi connectivity index (χ0v) is 14.8. The third-order valence-electron chi connectivity index (χ3n) is 3.85. The van der Waals surface area contributed by atoms with Crippen LogP contribution in [0.15, 0.2) is 63.6 Å². The molecule has 0 saturated carbocycles. The number of non-ortho nitro benzene ring substituents is 1. The minimum Gasteiger partial charge on any atom is -0.467 e. The molecule has 0 unspecified atom stereocenters. The number of esters is 1. The molecule has 0 fully saturated rings. The number of nitro benzene ring substituents is 1. The van der Waals surface area contributed by atoms with Crippen molar-refractivity contribution < 1.29 is 28.1 Å². The van der Waals surface area contributed by atoms with Crippen molar-refractivity contribution in [1.29, 1.82) is 0 Å². The molecule has 3 aromatic rings. The molecule has 144 valence electrons. The molecule has 0 aliphatic heterocycles. The Balaban J connectivity index is 1.55. The predicted molar refractivity (Wildman–Crippen MR) is 96.3 cm³/mol. The summed E-state index contributed by atoms with van der Waals surface area (Å²) in [7, 11) is 0. The number of nitrogens with one attached hydrogen (secondary N) is 1. The smallest absolute Gasteiger partial charge is 0.374 e. The number of amides is 1. The first-order valence-electron chi connectivity index (χ1n) is 8.28. The van der Waals surface area contributed by atoms with Crippen molar-refractivity contribution >= 4 is 17.6 Å². The largest absolute Gasteiger partial charge is 0.467 e. The van der Waals surface area contributed by atoms with E-state index in [1.54, 1.807) is 19.1 Å². The number of nitrogens with zero attached hydrogens (tertiary/aromatic N) is 1. The van der Waals surface area contributed by atoms with Gasteiger partial charge in [-0.05, 0) is 43.3 Å². The van der Waals surface area contributed by atoms with Gasteiger partial charge in [0.2, 0.25) is 5.76 Å². The summed E-state index contributed by atoms with van der Waals surface area (Å²) in [6.45, 7) is 1.26. The number of furan rings is 2. The summed E-state index contributed by atoms with van der Waals surface area (Å²) < 4.78 is 15.5. The van der Waals surface area contributed by atoms with Crippen LogP contribution in [0.3, 0.4) is 0 Å². The van der Waals surface area contributed by atoms with Gasteiger partial charge in [-0.3, -0.25) is 14.9 Å². The molecule has 0 saturated heterocycles. The molecule has 9 nitrogen and oxygen atoms in total. The summed E-state index contributed by atoms with van der Waals surface area (Å²) in [5.41, 5.74) is 0.513. The molecular formula is C19H16N2O7. The Bertz CT molecular complexity index is 974. The summed E-state index contributed by atoms with van der Waals surface area (Å²) in [5.74, 6) is -0.440. The number of hydrogen-bond acceptors (Lipinski definition) is 7. The number of carbonyl (C=O) groups is 2. The fraction of sp³-hybridized carbons (Fsp3) is 0.158. The second-order valence-corrected chi connectivity index (χ2v) is 5.85. The Labute approximate surface area is 159 Å². The maximum absolute atomic E-state index is 12.0. The Morgan fingerprint density at radius 2 is 1.93 bits per heavy atom. The highest BCUT2D eigenvalue weighted by Crippen LogP contribution is 2.24. The number of hydrogen-bond donors (Lipinski definition) is 1. The molecule has 2 aromatic heterocycles. The molecule has 0 spiro atoms. The van der Waals surface area contributed by atoms with Gasteiger partial charge in [-0.1, -0.05) is 0 Å². The normalized spacial score (nSPS) is 11.6. The number of rotatable bonds is 7. The lowest BCUT2D eigenvalue weighted by atomic mass is 10.1. The SMILES string of the molecule is C[C@@H](NC(=O)COC(=O)c1ccc(-c2ccc([N+](=O)[O-])cc2)o1)c1ccco1. The highest BCUT2D eigenvalue weighted by atomic mass is 16.6. The van der Waals surface area contributed by atoms with Crippen LogP contribution in [0.2, 0.25) is 0 Å². The standard InChI is InChI=1S/C19H16N2O7/c1-12(15-3-2-10-26-15)20-18(22)11-27-19(23)17-9-8-16(28-17)13-4-6-14(7-5-13)21(24)25/h2-10,12H,11H2,1H3,(H,20,22)/t12-/m1/s1. The van der Waals surface area contributed by atoms with E-state index in [0.717, 1.165) is 0 Å². The fourth-order valence-electron chi connectivity index (χ4n) is 2.44. The molecular weight excluding hydrogens is 368 g/mol. The van der Waals surface area contributed by atoms with Crippen LogP contribution in [0.4, 0.5) is 5.69 Å². The van der Waals surface area contributed by atoms with Crippen molar-refractivity contribution in [2.24, 2.45) is 0 Å². The molecule has 9 heteroatoms. The van der Waals surface area contributed by atoms with Crippen LogP contribution in [-0.2, 0) is 9.53 Å². The molecule has 1 amide bonds. The first-order chi connectivity index (χ1) is 13.4. The van der Waals surface area contributed by atoms with Gasteiger partial charge < -0.3 is 18.9 Å². The number of ether oxygens (including phenoxy) is 1. The Kier molecular flexibility index (Phi) is 5.54. The van der Waals surface area contributed by atoms with Gasteiger partial charge in [0.1, 0.15) is 11.5 Å². The molecule has 1 aromatic carbocycles. The lowest BCUT2D eigenvalue weighted by Crippen LogP contribution is -2.30. The summed E-state index contributed by atoms with van der Waals surface area (Å²) in [6.07, 6.45) is 1.50. The molecule has 2 heterocycles. The molecule has 3 rings (SSSR count). The highest BCUT2D eigenvalue weighted by molar-refractivity contribution is 5.89. The van der Waals surface area contributed by atoms with E-state index in [4.69, 9.17) is 13.6 Å². The van der Waals surface area contributed by atoms with Crippen molar-refractivity contribution in [3.8, 4) is 11.3 Å². The minimum absolute atomic E-state index is 0.0512. The molecule has 1 atom stereocenters. The van der Waals surface area contributed by atoms with Gasteiger partial charge in [0.15, 0.2) is 6.61 Å². The van der Waals surface area contributed by atoms with E-state index in [9.17, 15) is 19.7 Å². The van der Waals surface area contributed by atoms with Crippen LogP contribution in [0.1, 0.15) is 29.3 Å². The summed E-state index contributed by atoms with van der Waals surface area (Å²) in [5, 5.41) is 13.3. The maximum atomic E-state index is 12.0. The average molecular weight is 384 g/mol. The van der Waals surface area contributed by atoms with Crippen LogP contribution in [-0.4, -0.2) is 23.4 Å². The van der Waals surface area contributed by atoms with Gasteiger partial charge >= 0.3 is 5.97 Å². The zero-order valence-electron chi connectivity index (χ0n) is 14.8. The fourth-order valence-corrected chi connectivity index (χ4v) is 2.44.